The van der Waals surface area contributed by atoms with E-state index in [-0.39, 0.29) is 12.5 Å². The zero-order valence-electron chi connectivity index (χ0n) is 14.3. The number of nitrogens with zero attached hydrogens (tertiary/aromatic N) is 1. The van der Waals surface area contributed by atoms with Gasteiger partial charge in [-0.1, -0.05) is 35.9 Å². The predicted molar refractivity (Wildman–Crippen MR) is 104 cm³/mol. The van der Waals surface area contributed by atoms with E-state index in [4.69, 9.17) is 16.3 Å². The van der Waals surface area contributed by atoms with Crippen molar-refractivity contribution in [2.45, 2.75) is 24.3 Å². The van der Waals surface area contributed by atoms with E-state index in [1.54, 1.807) is 24.3 Å². The molecular weight excluding hydrogens is 370 g/mol. The first kappa shape index (κ1) is 18.8. The van der Waals surface area contributed by atoms with Gasteiger partial charge in [-0.2, -0.15) is 0 Å². The number of carbonyl (C=O) groups is 2. The monoisotopic (exact) mass is 389 g/mol. The molecule has 3 rings (SSSR count). The van der Waals surface area contributed by atoms with Crippen LogP contribution >= 0.6 is 23.4 Å². The van der Waals surface area contributed by atoms with Crippen LogP contribution in [0.25, 0.3) is 0 Å². The Labute approximate surface area is 162 Å². The van der Waals surface area contributed by atoms with E-state index in [1.165, 1.54) is 11.8 Å². The first-order chi connectivity index (χ1) is 12.6. The Hall–Kier alpha value is -1.98. The summed E-state index contributed by atoms with van der Waals surface area (Å²) < 4.78 is 5.41. The van der Waals surface area contributed by atoms with E-state index >= 15 is 0 Å². The zero-order chi connectivity index (χ0) is 18.4. The largest absolute Gasteiger partial charge is 0.457 e. The first-order valence-corrected chi connectivity index (χ1v) is 9.91. The minimum absolute atomic E-state index is 0.122. The molecule has 0 atom stereocenters. The molecule has 6 heteroatoms. The van der Waals surface area contributed by atoms with Crippen LogP contribution in [-0.2, 0) is 16.1 Å². The third-order valence-electron chi connectivity index (χ3n) is 4.20. The van der Waals surface area contributed by atoms with Crippen LogP contribution in [-0.4, -0.2) is 35.6 Å². The van der Waals surface area contributed by atoms with Gasteiger partial charge < -0.3 is 9.64 Å². The molecule has 0 spiro atoms. The van der Waals surface area contributed by atoms with Gasteiger partial charge in [-0.15, -0.1) is 11.8 Å². The molecule has 0 saturated carbocycles. The molecule has 1 saturated heterocycles. The second-order valence-corrected chi connectivity index (χ2v) is 7.53. The van der Waals surface area contributed by atoms with Gasteiger partial charge in [0.15, 0.2) is 0 Å². The maximum atomic E-state index is 12.4. The van der Waals surface area contributed by atoms with Gasteiger partial charge in [0, 0.05) is 23.0 Å². The van der Waals surface area contributed by atoms with E-state index in [1.807, 2.05) is 29.2 Å². The summed E-state index contributed by atoms with van der Waals surface area (Å²) in [7, 11) is 0. The van der Waals surface area contributed by atoms with Crippen molar-refractivity contribution in [3.8, 4) is 0 Å². The minimum atomic E-state index is -0.392. The van der Waals surface area contributed by atoms with Gasteiger partial charge >= 0.3 is 5.97 Å². The highest BCUT2D eigenvalue weighted by molar-refractivity contribution is 8.00. The molecule has 0 unspecified atom stereocenters. The number of hydrogen-bond donors (Lipinski definition) is 0. The predicted octanol–water partition coefficient (Wildman–Crippen LogP) is 4.41. The summed E-state index contributed by atoms with van der Waals surface area (Å²) >= 11 is 7.24. The summed E-state index contributed by atoms with van der Waals surface area (Å²) in [6.45, 7) is 1.86. The van der Waals surface area contributed by atoms with Crippen molar-refractivity contribution >= 4 is 35.2 Å². The van der Waals surface area contributed by atoms with E-state index in [0.717, 1.165) is 36.4 Å². The molecule has 26 heavy (non-hydrogen) atoms. The van der Waals surface area contributed by atoms with Gasteiger partial charge in [-0.05, 0) is 42.7 Å². The fourth-order valence-corrected chi connectivity index (χ4v) is 3.83. The summed E-state index contributed by atoms with van der Waals surface area (Å²) in [6.07, 6.45) is 2.15. The van der Waals surface area contributed by atoms with Crippen LogP contribution in [0.3, 0.4) is 0 Å². The number of carbonyl (C=O) groups excluding carboxylic acids is 2. The third-order valence-corrected chi connectivity index (χ3v) is 5.51. The quantitative estimate of drug-likeness (QED) is 0.542. The minimum Gasteiger partial charge on any atom is -0.457 e. The number of halogens is 1. The highest BCUT2D eigenvalue weighted by Crippen LogP contribution is 2.25. The Morgan fingerprint density at radius 1 is 1.04 bits per heavy atom. The number of hydrogen-bond acceptors (Lipinski definition) is 4. The summed E-state index contributed by atoms with van der Waals surface area (Å²) in [5.41, 5.74) is 1.36. The fourth-order valence-electron chi connectivity index (χ4n) is 2.77. The van der Waals surface area contributed by atoms with Crippen LogP contribution in [0.1, 0.15) is 28.8 Å². The first-order valence-electron chi connectivity index (χ1n) is 8.54. The smallest absolute Gasteiger partial charge is 0.339 e. The summed E-state index contributed by atoms with van der Waals surface area (Å²) in [6, 6.07) is 14.4. The molecule has 2 aromatic rings. The summed E-state index contributed by atoms with van der Waals surface area (Å²) in [5, 5.41) is 0.643. The second kappa shape index (κ2) is 9.10. The van der Waals surface area contributed by atoms with Gasteiger partial charge in [-0.3, -0.25) is 4.79 Å². The van der Waals surface area contributed by atoms with E-state index in [0.29, 0.717) is 16.3 Å². The molecule has 0 aliphatic carbocycles. The molecule has 1 fully saturated rings. The topological polar surface area (TPSA) is 46.6 Å². The highest BCUT2D eigenvalue weighted by atomic mass is 35.5. The average molecular weight is 390 g/mol. The highest BCUT2D eigenvalue weighted by Gasteiger charge is 2.19. The molecule has 1 heterocycles. The molecule has 0 aromatic heterocycles. The van der Waals surface area contributed by atoms with Gasteiger partial charge in [0.1, 0.15) is 6.61 Å². The Kier molecular flexibility index (Phi) is 6.58. The normalized spacial score (nSPS) is 13.7. The maximum Gasteiger partial charge on any atom is 0.339 e. The van der Waals surface area contributed by atoms with Gasteiger partial charge in [0.2, 0.25) is 5.91 Å². The number of esters is 1. The van der Waals surface area contributed by atoms with Crippen LogP contribution in [0.5, 0.6) is 0 Å². The van der Waals surface area contributed by atoms with Crippen molar-refractivity contribution < 1.29 is 14.3 Å². The molecule has 1 amide bonds. The van der Waals surface area contributed by atoms with Crippen molar-refractivity contribution in [3.63, 3.8) is 0 Å². The van der Waals surface area contributed by atoms with Crippen LogP contribution in [0.4, 0.5) is 0 Å². The standard InChI is InChI=1S/C20H20ClNO3S/c21-16-9-7-15(8-10-16)13-25-20(24)17-5-1-2-6-18(17)26-14-19(23)22-11-3-4-12-22/h1-2,5-10H,3-4,11-14H2. The molecule has 0 N–H and O–H groups in total. The Morgan fingerprint density at radius 3 is 2.46 bits per heavy atom. The third kappa shape index (κ3) is 5.02. The van der Waals surface area contributed by atoms with Gasteiger partial charge in [-0.25, -0.2) is 4.79 Å². The number of rotatable bonds is 6. The van der Waals surface area contributed by atoms with Crippen molar-refractivity contribution in [3.05, 3.63) is 64.7 Å². The molecule has 1 aliphatic heterocycles. The van der Waals surface area contributed by atoms with Crippen LogP contribution in [0.2, 0.25) is 5.02 Å². The fraction of sp³-hybridized carbons (Fsp3) is 0.300. The van der Waals surface area contributed by atoms with Crippen LogP contribution in [0.15, 0.2) is 53.4 Å². The average Bonchev–Trinajstić information content (AvgIpc) is 3.20. The lowest BCUT2D eigenvalue weighted by Gasteiger charge is -2.15. The number of amides is 1. The Morgan fingerprint density at radius 2 is 1.73 bits per heavy atom. The molecule has 0 bridgehead atoms. The van der Waals surface area contributed by atoms with Crippen LogP contribution in [0, 0.1) is 0 Å². The van der Waals surface area contributed by atoms with E-state index in [2.05, 4.69) is 0 Å². The van der Waals surface area contributed by atoms with Crippen molar-refractivity contribution in [2.75, 3.05) is 18.8 Å². The van der Waals surface area contributed by atoms with E-state index < -0.39 is 5.97 Å². The second-order valence-electron chi connectivity index (χ2n) is 6.08. The number of ether oxygens (including phenoxy) is 1. The van der Waals surface area contributed by atoms with Crippen molar-refractivity contribution in [2.24, 2.45) is 0 Å². The molecule has 136 valence electrons. The molecule has 0 radical (unpaired) electrons. The lowest BCUT2D eigenvalue weighted by molar-refractivity contribution is -0.127. The lowest BCUT2D eigenvalue weighted by Crippen LogP contribution is -2.29. The van der Waals surface area contributed by atoms with Crippen molar-refractivity contribution in [1.29, 1.82) is 0 Å². The number of thioether (sulfide) groups is 1. The zero-order valence-corrected chi connectivity index (χ0v) is 15.9. The number of likely N-dealkylation sites (tertiary alicyclic amines) is 1. The Balaban J connectivity index is 1.59. The Bertz CT molecular complexity index is 773. The van der Waals surface area contributed by atoms with Crippen LogP contribution < -0.4 is 0 Å². The molecular formula is C20H20ClNO3S. The number of benzene rings is 2. The molecule has 4 nitrogen and oxygen atoms in total. The lowest BCUT2D eigenvalue weighted by atomic mass is 10.2. The summed E-state index contributed by atoms with van der Waals surface area (Å²) in [5.74, 6) is 0.0649. The van der Waals surface area contributed by atoms with Crippen molar-refractivity contribution in [1.82, 2.24) is 4.90 Å². The SMILES string of the molecule is O=C(OCc1ccc(Cl)cc1)c1ccccc1SCC(=O)N1CCCC1. The molecule has 2 aromatic carbocycles. The molecule has 1 aliphatic rings. The van der Waals surface area contributed by atoms with Gasteiger partial charge in [0.05, 0.1) is 11.3 Å². The van der Waals surface area contributed by atoms with E-state index in [9.17, 15) is 9.59 Å². The summed E-state index contributed by atoms with van der Waals surface area (Å²) in [4.78, 5) is 27.3. The van der Waals surface area contributed by atoms with Gasteiger partial charge in [0.25, 0.3) is 0 Å². The maximum absolute atomic E-state index is 12.4.